The Bertz CT molecular complexity index is 478. The summed E-state index contributed by atoms with van der Waals surface area (Å²) >= 11 is 0. The maximum absolute atomic E-state index is 11.5. The maximum atomic E-state index is 11.5. The normalized spacial score (nSPS) is 25.6. The van der Waals surface area contributed by atoms with Crippen LogP contribution in [0.15, 0.2) is 24.3 Å². The van der Waals surface area contributed by atoms with Gasteiger partial charge in [-0.3, -0.25) is 4.79 Å². The van der Waals surface area contributed by atoms with Crippen molar-refractivity contribution in [2.75, 3.05) is 6.61 Å². The van der Waals surface area contributed by atoms with E-state index in [9.17, 15) is 4.79 Å². The SMILES string of the molecule is NC(=O)C1(N)CCCC1CCOc1cccc(CO)c1. The van der Waals surface area contributed by atoms with Crippen molar-refractivity contribution in [3.8, 4) is 5.75 Å². The molecule has 1 aliphatic carbocycles. The number of hydrogen-bond acceptors (Lipinski definition) is 4. The third kappa shape index (κ3) is 3.11. The molecule has 0 aliphatic heterocycles. The molecule has 1 aromatic rings. The second-order valence-corrected chi connectivity index (χ2v) is 5.44. The van der Waals surface area contributed by atoms with Gasteiger partial charge in [-0.05, 0) is 42.9 Å². The van der Waals surface area contributed by atoms with Gasteiger partial charge in [-0.15, -0.1) is 0 Å². The average Bonchev–Trinajstić information content (AvgIpc) is 2.82. The first-order valence-electron chi connectivity index (χ1n) is 6.97. The lowest BCUT2D eigenvalue weighted by Gasteiger charge is -2.27. The monoisotopic (exact) mass is 278 g/mol. The molecule has 5 N–H and O–H groups in total. The molecule has 0 heterocycles. The van der Waals surface area contributed by atoms with Crippen LogP contribution in [-0.2, 0) is 11.4 Å². The summed E-state index contributed by atoms with van der Waals surface area (Å²) in [6.45, 7) is 0.485. The molecule has 2 rings (SSSR count). The van der Waals surface area contributed by atoms with Crippen molar-refractivity contribution in [1.29, 1.82) is 0 Å². The van der Waals surface area contributed by atoms with E-state index in [0.717, 1.165) is 24.2 Å². The molecule has 5 heteroatoms. The molecular weight excluding hydrogens is 256 g/mol. The molecular formula is C15H22N2O3. The minimum absolute atomic E-state index is 0.00654. The van der Waals surface area contributed by atoms with Crippen LogP contribution in [0.2, 0.25) is 0 Å². The molecule has 0 radical (unpaired) electrons. The van der Waals surface area contributed by atoms with E-state index in [-0.39, 0.29) is 12.5 Å². The van der Waals surface area contributed by atoms with Gasteiger partial charge in [0.15, 0.2) is 0 Å². The Balaban J connectivity index is 1.88. The Morgan fingerprint density at radius 2 is 2.30 bits per heavy atom. The Morgan fingerprint density at radius 3 is 3.00 bits per heavy atom. The average molecular weight is 278 g/mol. The molecule has 0 bridgehead atoms. The minimum Gasteiger partial charge on any atom is -0.494 e. The number of aliphatic hydroxyl groups excluding tert-OH is 1. The third-order valence-electron chi connectivity index (χ3n) is 4.15. The summed E-state index contributed by atoms with van der Waals surface area (Å²) in [4.78, 5) is 11.5. The summed E-state index contributed by atoms with van der Waals surface area (Å²) < 4.78 is 5.66. The summed E-state index contributed by atoms with van der Waals surface area (Å²) in [7, 11) is 0. The van der Waals surface area contributed by atoms with Gasteiger partial charge in [0.05, 0.1) is 18.8 Å². The number of rotatable bonds is 6. The van der Waals surface area contributed by atoms with E-state index in [4.69, 9.17) is 21.3 Å². The summed E-state index contributed by atoms with van der Waals surface area (Å²) in [5.41, 5.74) is 11.5. The van der Waals surface area contributed by atoms with E-state index < -0.39 is 11.4 Å². The smallest absolute Gasteiger partial charge is 0.237 e. The van der Waals surface area contributed by atoms with Gasteiger partial charge < -0.3 is 21.3 Å². The zero-order chi connectivity index (χ0) is 14.6. The molecule has 0 aromatic heterocycles. The van der Waals surface area contributed by atoms with E-state index in [1.54, 1.807) is 6.07 Å². The fourth-order valence-corrected chi connectivity index (χ4v) is 2.88. The summed E-state index contributed by atoms with van der Waals surface area (Å²) in [6.07, 6.45) is 3.22. The predicted molar refractivity (Wildman–Crippen MR) is 75.9 cm³/mol. The van der Waals surface area contributed by atoms with E-state index in [1.165, 1.54) is 0 Å². The van der Waals surface area contributed by atoms with Crippen LogP contribution in [0, 0.1) is 5.92 Å². The van der Waals surface area contributed by atoms with Crippen molar-refractivity contribution in [2.45, 2.75) is 37.8 Å². The zero-order valence-corrected chi connectivity index (χ0v) is 11.5. The number of benzene rings is 1. The van der Waals surface area contributed by atoms with E-state index in [2.05, 4.69) is 0 Å². The molecule has 20 heavy (non-hydrogen) atoms. The molecule has 1 amide bonds. The Kier molecular flexibility index (Phi) is 4.62. The molecule has 2 atom stereocenters. The van der Waals surface area contributed by atoms with Gasteiger partial charge in [-0.1, -0.05) is 18.6 Å². The van der Waals surface area contributed by atoms with Crippen LogP contribution in [0.4, 0.5) is 0 Å². The van der Waals surface area contributed by atoms with Crippen LogP contribution in [0.5, 0.6) is 5.75 Å². The van der Waals surface area contributed by atoms with Gasteiger partial charge in [-0.25, -0.2) is 0 Å². The molecule has 1 saturated carbocycles. The van der Waals surface area contributed by atoms with Gasteiger partial charge in [0, 0.05) is 0 Å². The second-order valence-electron chi connectivity index (χ2n) is 5.44. The molecule has 1 aliphatic rings. The van der Waals surface area contributed by atoms with E-state index in [1.807, 2.05) is 18.2 Å². The number of carbonyl (C=O) groups excluding carboxylic acids is 1. The number of nitrogens with two attached hydrogens (primary N) is 2. The third-order valence-corrected chi connectivity index (χ3v) is 4.15. The summed E-state index contributed by atoms with van der Waals surface area (Å²) in [5, 5.41) is 9.07. The van der Waals surface area contributed by atoms with Crippen LogP contribution < -0.4 is 16.2 Å². The van der Waals surface area contributed by atoms with Gasteiger partial charge in [0.25, 0.3) is 0 Å². The van der Waals surface area contributed by atoms with E-state index in [0.29, 0.717) is 19.4 Å². The molecule has 0 saturated heterocycles. The first-order chi connectivity index (χ1) is 9.56. The number of primary amides is 1. The lowest BCUT2D eigenvalue weighted by Crippen LogP contribution is -2.54. The quantitative estimate of drug-likeness (QED) is 0.721. The molecule has 1 fully saturated rings. The molecule has 110 valence electrons. The lowest BCUT2D eigenvalue weighted by atomic mass is 9.85. The lowest BCUT2D eigenvalue weighted by molar-refractivity contribution is -0.124. The Labute approximate surface area is 118 Å². The number of hydrogen-bond donors (Lipinski definition) is 3. The number of amides is 1. The van der Waals surface area contributed by atoms with Gasteiger partial charge >= 0.3 is 0 Å². The van der Waals surface area contributed by atoms with Crippen LogP contribution in [0.1, 0.15) is 31.2 Å². The van der Waals surface area contributed by atoms with Crippen molar-refractivity contribution in [2.24, 2.45) is 17.4 Å². The van der Waals surface area contributed by atoms with Crippen molar-refractivity contribution in [3.63, 3.8) is 0 Å². The van der Waals surface area contributed by atoms with Crippen LogP contribution >= 0.6 is 0 Å². The number of ether oxygens (including phenoxy) is 1. The predicted octanol–water partition coefficient (Wildman–Crippen LogP) is 0.931. The van der Waals surface area contributed by atoms with Gasteiger partial charge in [-0.2, -0.15) is 0 Å². The highest BCUT2D eigenvalue weighted by molar-refractivity contribution is 5.85. The summed E-state index contributed by atoms with van der Waals surface area (Å²) in [5.74, 6) is 0.388. The number of carbonyl (C=O) groups is 1. The molecule has 2 unspecified atom stereocenters. The van der Waals surface area contributed by atoms with Crippen molar-refractivity contribution >= 4 is 5.91 Å². The first-order valence-corrected chi connectivity index (χ1v) is 6.97. The molecule has 1 aromatic carbocycles. The fourth-order valence-electron chi connectivity index (χ4n) is 2.88. The number of aliphatic hydroxyl groups is 1. The standard InChI is InChI=1S/C15H22N2O3/c16-14(19)15(17)7-2-4-12(15)6-8-20-13-5-1-3-11(9-13)10-18/h1,3,5,9,12,18H,2,4,6-8,10,17H2,(H2,16,19). The van der Waals surface area contributed by atoms with Crippen LogP contribution in [-0.4, -0.2) is 23.2 Å². The van der Waals surface area contributed by atoms with Crippen LogP contribution in [0.25, 0.3) is 0 Å². The Morgan fingerprint density at radius 1 is 1.50 bits per heavy atom. The molecule has 0 spiro atoms. The minimum atomic E-state index is -0.879. The highest BCUT2D eigenvalue weighted by atomic mass is 16.5. The van der Waals surface area contributed by atoms with Gasteiger partial charge in [0.1, 0.15) is 5.75 Å². The second kappa shape index (κ2) is 6.24. The summed E-state index contributed by atoms with van der Waals surface area (Å²) in [6, 6.07) is 7.32. The van der Waals surface area contributed by atoms with Gasteiger partial charge in [0.2, 0.25) is 5.91 Å². The first kappa shape index (κ1) is 14.8. The van der Waals surface area contributed by atoms with Crippen molar-refractivity contribution in [3.05, 3.63) is 29.8 Å². The van der Waals surface area contributed by atoms with E-state index >= 15 is 0 Å². The topological polar surface area (TPSA) is 98.6 Å². The maximum Gasteiger partial charge on any atom is 0.237 e. The van der Waals surface area contributed by atoms with Crippen LogP contribution in [0.3, 0.4) is 0 Å². The van der Waals surface area contributed by atoms with Crippen molar-refractivity contribution < 1.29 is 14.6 Å². The molecule has 5 nitrogen and oxygen atoms in total. The largest absolute Gasteiger partial charge is 0.494 e. The highest BCUT2D eigenvalue weighted by Gasteiger charge is 2.43. The highest BCUT2D eigenvalue weighted by Crippen LogP contribution is 2.35. The van der Waals surface area contributed by atoms with Crippen molar-refractivity contribution in [1.82, 2.24) is 0 Å². The zero-order valence-electron chi connectivity index (χ0n) is 11.5. The fraction of sp³-hybridized carbons (Fsp3) is 0.533. The Hall–Kier alpha value is -1.59.